The number of nitriles is 1. The Morgan fingerprint density at radius 1 is 1.38 bits per heavy atom. The van der Waals surface area contributed by atoms with E-state index in [1.165, 1.54) is 11.1 Å². The normalized spacial score (nSPS) is 37.1. The van der Waals surface area contributed by atoms with Crippen molar-refractivity contribution in [2.24, 2.45) is 23.2 Å². The van der Waals surface area contributed by atoms with Gasteiger partial charge in [0.25, 0.3) is 0 Å². The maximum absolute atomic E-state index is 12.7. The summed E-state index contributed by atoms with van der Waals surface area (Å²) < 4.78 is 5.30. The number of fused-ring (bicyclic) bond motifs is 5. The summed E-state index contributed by atoms with van der Waals surface area (Å²) in [6, 6.07) is 6.07. The highest BCUT2D eigenvalue weighted by Crippen LogP contribution is 2.61. The molecule has 1 unspecified atom stereocenters. The zero-order valence-electron chi connectivity index (χ0n) is 14.2. The maximum atomic E-state index is 12.7. The van der Waals surface area contributed by atoms with Crippen LogP contribution in [0.1, 0.15) is 49.7 Å². The van der Waals surface area contributed by atoms with Gasteiger partial charge in [-0.25, -0.2) is 0 Å². The molecule has 0 saturated heterocycles. The molecule has 3 aliphatic rings. The van der Waals surface area contributed by atoms with Crippen molar-refractivity contribution in [2.75, 3.05) is 7.11 Å². The molecule has 1 aromatic rings. The number of Topliss-reactive ketones (excluding diaryl/α,β-unsaturated/α-hetero) is 1. The van der Waals surface area contributed by atoms with Crippen LogP contribution in [0.2, 0.25) is 0 Å². The Kier molecular flexibility index (Phi) is 3.38. The number of hydrogen-bond donors (Lipinski definition) is 1. The lowest BCUT2D eigenvalue weighted by Gasteiger charge is -2.48. The largest absolute Gasteiger partial charge is 0.504 e. The second-order valence-corrected chi connectivity index (χ2v) is 7.88. The second-order valence-electron chi connectivity index (χ2n) is 7.88. The minimum atomic E-state index is -0.422. The van der Waals surface area contributed by atoms with E-state index in [0.717, 1.165) is 32.1 Å². The lowest BCUT2D eigenvalue weighted by molar-refractivity contribution is -0.130. The number of benzene rings is 1. The van der Waals surface area contributed by atoms with E-state index in [1.807, 2.05) is 12.1 Å². The van der Waals surface area contributed by atoms with Crippen LogP contribution in [0.4, 0.5) is 0 Å². The van der Waals surface area contributed by atoms with E-state index in [2.05, 4.69) is 13.0 Å². The number of carbonyl (C=O) groups is 1. The zero-order valence-corrected chi connectivity index (χ0v) is 14.2. The van der Waals surface area contributed by atoms with Crippen LogP contribution in [0, 0.1) is 34.5 Å². The van der Waals surface area contributed by atoms with Crippen LogP contribution < -0.4 is 4.74 Å². The first kappa shape index (κ1) is 15.5. The molecule has 0 aromatic heterocycles. The van der Waals surface area contributed by atoms with Crippen LogP contribution in [0.15, 0.2) is 12.1 Å². The van der Waals surface area contributed by atoms with Gasteiger partial charge in [-0.3, -0.25) is 4.79 Å². The standard InChI is InChI=1S/C20H23NO3/c1-20-6-5-13-14(16(20)7-12(10-21)19(20)23)4-3-11-8-17(22)18(24-2)9-15(11)13/h8-9,12-14,16,22H,3-7H2,1-2H3/t12?,13-,14+,16-,20-/m0/s1. The third kappa shape index (κ3) is 1.94. The molecule has 2 fully saturated rings. The van der Waals surface area contributed by atoms with Crippen molar-refractivity contribution in [3.8, 4) is 17.6 Å². The van der Waals surface area contributed by atoms with Crippen molar-refractivity contribution in [1.82, 2.24) is 0 Å². The van der Waals surface area contributed by atoms with Crippen molar-refractivity contribution in [1.29, 1.82) is 5.26 Å². The molecule has 1 aromatic carbocycles. The molecular formula is C20H23NO3. The van der Waals surface area contributed by atoms with Crippen LogP contribution in [0.5, 0.6) is 11.5 Å². The molecule has 4 heteroatoms. The Balaban J connectivity index is 1.73. The number of ether oxygens (including phenoxy) is 1. The molecule has 0 bridgehead atoms. The molecule has 0 spiro atoms. The summed E-state index contributed by atoms with van der Waals surface area (Å²) in [6.07, 6.45) is 4.51. The summed E-state index contributed by atoms with van der Waals surface area (Å²) in [4.78, 5) is 12.7. The van der Waals surface area contributed by atoms with Crippen molar-refractivity contribution >= 4 is 5.78 Å². The number of phenolic OH excluding ortho intramolecular Hbond substituents is 1. The molecule has 0 radical (unpaired) electrons. The van der Waals surface area contributed by atoms with Crippen molar-refractivity contribution in [3.63, 3.8) is 0 Å². The van der Waals surface area contributed by atoms with E-state index in [1.54, 1.807) is 7.11 Å². The number of aryl methyl sites for hydroxylation is 1. The molecule has 126 valence electrons. The first-order valence-corrected chi connectivity index (χ1v) is 8.83. The number of hydrogen-bond acceptors (Lipinski definition) is 4. The van der Waals surface area contributed by atoms with Crippen molar-refractivity contribution in [2.45, 2.75) is 44.9 Å². The molecule has 0 aliphatic heterocycles. The molecule has 0 heterocycles. The lowest BCUT2D eigenvalue weighted by Crippen LogP contribution is -2.42. The summed E-state index contributed by atoms with van der Waals surface area (Å²) in [5.74, 6) is 1.65. The number of aromatic hydroxyl groups is 1. The number of ketones is 1. The average Bonchev–Trinajstić information content (AvgIpc) is 2.85. The summed E-state index contributed by atoms with van der Waals surface area (Å²) in [5.41, 5.74) is 2.16. The highest BCUT2D eigenvalue weighted by atomic mass is 16.5. The monoisotopic (exact) mass is 325 g/mol. The quantitative estimate of drug-likeness (QED) is 0.857. The van der Waals surface area contributed by atoms with E-state index in [0.29, 0.717) is 23.5 Å². The van der Waals surface area contributed by atoms with Crippen LogP contribution in [-0.4, -0.2) is 18.0 Å². The van der Waals surface area contributed by atoms with Gasteiger partial charge in [-0.2, -0.15) is 5.26 Å². The number of methoxy groups -OCH3 is 1. The number of carbonyl (C=O) groups excluding carboxylic acids is 1. The number of nitrogens with zero attached hydrogens (tertiary/aromatic N) is 1. The van der Waals surface area contributed by atoms with Gasteiger partial charge in [0.1, 0.15) is 5.92 Å². The third-order valence-corrected chi connectivity index (χ3v) is 6.94. The fourth-order valence-corrected chi connectivity index (χ4v) is 5.68. The predicted molar refractivity (Wildman–Crippen MR) is 88.8 cm³/mol. The Labute approximate surface area is 142 Å². The Morgan fingerprint density at radius 2 is 2.17 bits per heavy atom. The average molecular weight is 325 g/mol. The summed E-state index contributed by atoms with van der Waals surface area (Å²) in [5, 5.41) is 19.4. The fourth-order valence-electron chi connectivity index (χ4n) is 5.68. The molecular weight excluding hydrogens is 302 g/mol. The van der Waals surface area contributed by atoms with E-state index < -0.39 is 5.92 Å². The van der Waals surface area contributed by atoms with Crippen LogP contribution in [0.25, 0.3) is 0 Å². The zero-order chi connectivity index (χ0) is 17.1. The van der Waals surface area contributed by atoms with Gasteiger partial charge in [0.2, 0.25) is 0 Å². The molecule has 2 saturated carbocycles. The molecule has 24 heavy (non-hydrogen) atoms. The second kappa shape index (κ2) is 5.24. The number of phenols is 1. The maximum Gasteiger partial charge on any atom is 0.160 e. The van der Waals surface area contributed by atoms with Gasteiger partial charge >= 0.3 is 0 Å². The Hall–Kier alpha value is -2.02. The Bertz CT molecular complexity index is 750. The molecule has 5 atom stereocenters. The molecule has 4 rings (SSSR count). The topological polar surface area (TPSA) is 70.3 Å². The van der Waals surface area contributed by atoms with E-state index in [-0.39, 0.29) is 16.9 Å². The highest BCUT2D eigenvalue weighted by Gasteiger charge is 2.58. The SMILES string of the molecule is COc1cc2c(cc1O)CC[C@@H]1[C@@H]2CC[C@]2(C)C(=O)C(C#N)C[C@@H]12. The van der Waals surface area contributed by atoms with Gasteiger partial charge in [0.15, 0.2) is 17.3 Å². The lowest BCUT2D eigenvalue weighted by atomic mass is 9.55. The molecule has 3 aliphatic carbocycles. The summed E-state index contributed by atoms with van der Waals surface area (Å²) in [6.45, 7) is 2.08. The Morgan fingerprint density at radius 3 is 2.88 bits per heavy atom. The number of rotatable bonds is 1. The van der Waals surface area contributed by atoms with Crippen LogP contribution in [-0.2, 0) is 11.2 Å². The van der Waals surface area contributed by atoms with Gasteiger partial charge in [-0.05, 0) is 73.1 Å². The fraction of sp³-hybridized carbons (Fsp3) is 0.600. The summed E-state index contributed by atoms with van der Waals surface area (Å²) >= 11 is 0. The van der Waals surface area contributed by atoms with Gasteiger partial charge in [-0.15, -0.1) is 0 Å². The van der Waals surface area contributed by atoms with Crippen molar-refractivity contribution in [3.05, 3.63) is 23.3 Å². The smallest absolute Gasteiger partial charge is 0.160 e. The van der Waals surface area contributed by atoms with Crippen LogP contribution >= 0.6 is 0 Å². The molecule has 0 amide bonds. The van der Waals surface area contributed by atoms with E-state index in [4.69, 9.17) is 4.74 Å². The van der Waals surface area contributed by atoms with E-state index >= 15 is 0 Å². The first-order valence-electron chi connectivity index (χ1n) is 8.83. The van der Waals surface area contributed by atoms with Crippen molar-refractivity contribution < 1.29 is 14.6 Å². The predicted octanol–water partition coefficient (Wildman–Crippen LogP) is 3.58. The minimum absolute atomic E-state index is 0.169. The van der Waals surface area contributed by atoms with Gasteiger partial charge in [0, 0.05) is 5.41 Å². The van der Waals surface area contributed by atoms with Crippen LogP contribution in [0.3, 0.4) is 0 Å². The third-order valence-electron chi connectivity index (χ3n) is 6.94. The minimum Gasteiger partial charge on any atom is -0.504 e. The van der Waals surface area contributed by atoms with Gasteiger partial charge in [0.05, 0.1) is 13.2 Å². The van der Waals surface area contributed by atoms with E-state index in [9.17, 15) is 15.2 Å². The van der Waals surface area contributed by atoms with Gasteiger partial charge < -0.3 is 9.84 Å². The molecule has 4 nitrogen and oxygen atoms in total. The van der Waals surface area contributed by atoms with Gasteiger partial charge in [-0.1, -0.05) is 6.92 Å². The summed E-state index contributed by atoms with van der Waals surface area (Å²) in [7, 11) is 1.58. The highest BCUT2D eigenvalue weighted by molar-refractivity contribution is 5.91. The molecule has 1 N–H and O–H groups in total. The first-order chi connectivity index (χ1) is 11.5.